The smallest absolute Gasteiger partial charge is 0.264 e. The minimum absolute atomic E-state index is 0. The number of carbonyl (C=O) groups excluding carboxylic acids is 1. The monoisotopic (exact) mass is 526 g/mol. The van der Waals surface area contributed by atoms with E-state index in [1.807, 2.05) is 6.07 Å². The van der Waals surface area contributed by atoms with E-state index in [0.717, 1.165) is 0 Å². The molecule has 0 aromatic carbocycles. The van der Waals surface area contributed by atoms with Gasteiger partial charge in [0, 0.05) is 34.9 Å². The lowest BCUT2D eigenvalue weighted by Crippen LogP contribution is -2.16. The molecule has 12 nitrogen and oxygen atoms in total. The Hall–Kier alpha value is -4.53. The van der Waals surface area contributed by atoms with Crippen LogP contribution in [0, 0.1) is 58.5 Å². The summed E-state index contributed by atoms with van der Waals surface area (Å²) in [6, 6.07) is 6.91. The minimum atomic E-state index is -0.384. The van der Waals surface area contributed by atoms with Crippen LogP contribution in [0.5, 0.6) is 0 Å². The molecule has 0 aromatic heterocycles. The van der Waals surface area contributed by atoms with Crippen LogP contribution in [0.25, 0.3) is 9.69 Å². The number of allylic oxidation sites excluding steroid dienone is 4. The molecule has 0 bridgehead atoms. The molecule has 0 saturated heterocycles. The van der Waals surface area contributed by atoms with Gasteiger partial charge in [0.2, 0.25) is 0 Å². The number of carbonyl (C=O) groups is 1. The van der Waals surface area contributed by atoms with E-state index in [0.29, 0.717) is 24.0 Å². The lowest BCUT2D eigenvalue weighted by Gasteiger charge is -2.13. The Morgan fingerprint density at radius 1 is 0.789 bits per heavy atom. The van der Waals surface area contributed by atoms with Gasteiger partial charge in [-0.05, 0) is 25.5 Å². The zero-order valence-corrected chi connectivity index (χ0v) is 23.1. The molecule has 0 fully saturated rings. The maximum absolute atomic E-state index is 10.4. The minimum Gasteiger partial charge on any atom is -0.504 e. The molecule has 0 radical (unpaired) electrons. The van der Waals surface area contributed by atoms with E-state index in [-0.39, 0.29) is 36.2 Å². The molecule has 0 N–H and O–H groups in total. The van der Waals surface area contributed by atoms with Crippen LogP contribution in [-0.2, 0) is 28.5 Å². The third-order valence-electron chi connectivity index (χ3n) is 3.80. The summed E-state index contributed by atoms with van der Waals surface area (Å²) in [5.74, 6) is 0.0729. The van der Waals surface area contributed by atoms with Crippen molar-refractivity contribution in [3.8, 4) is 24.3 Å². The molecule has 0 spiro atoms. The number of rotatable bonds is 10. The lowest BCUT2D eigenvalue weighted by molar-refractivity contribution is -0.135. The highest BCUT2D eigenvalue weighted by Crippen LogP contribution is 2.13. The second kappa shape index (κ2) is 30.5. The van der Waals surface area contributed by atoms with Gasteiger partial charge in [-0.25, -0.2) is 20.2 Å². The molecule has 12 heteroatoms. The van der Waals surface area contributed by atoms with Gasteiger partial charge in [-0.3, -0.25) is 4.79 Å². The summed E-state index contributed by atoms with van der Waals surface area (Å²) in [4.78, 5) is 16.5. The molecule has 0 heterocycles. The molecule has 0 atom stereocenters. The maximum atomic E-state index is 10.4. The van der Waals surface area contributed by atoms with Crippen molar-refractivity contribution in [3.05, 3.63) is 57.7 Å². The van der Waals surface area contributed by atoms with Crippen LogP contribution in [0.4, 0.5) is 0 Å². The molecule has 0 aliphatic heterocycles. The zero-order valence-electron chi connectivity index (χ0n) is 23.1. The summed E-state index contributed by atoms with van der Waals surface area (Å²) in [7, 11) is 7.57. The maximum Gasteiger partial charge on any atom is 0.264 e. The largest absolute Gasteiger partial charge is 0.504 e. The molecular weight excluding hydrogens is 492 g/mol. The fourth-order valence-corrected chi connectivity index (χ4v) is 1.81. The predicted molar refractivity (Wildman–Crippen MR) is 137 cm³/mol. The fraction of sp³-hybridized carbons (Fsp3) is 0.500. The van der Waals surface area contributed by atoms with E-state index in [1.165, 1.54) is 48.7 Å². The number of hydrogen-bond acceptors (Lipinski definition) is 10. The van der Waals surface area contributed by atoms with Gasteiger partial charge in [0.15, 0.2) is 12.6 Å². The quantitative estimate of drug-likeness (QED) is 0.129. The number of hydrogen-bond donors (Lipinski definition) is 0. The second-order valence-corrected chi connectivity index (χ2v) is 6.55. The van der Waals surface area contributed by atoms with Crippen LogP contribution in [0.1, 0.15) is 40.0 Å². The summed E-state index contributed by atoms with van der Waals surface area (Å²) < 4.78 is 24.0. The van der Waals surface area contributed by atoms with Gasteiger partial charge in [-0.15, -0.1) is 0 Å². The van der Waals surface area contributed by atoms with Crippen molar-refractivity contribution in [1.29, 1.82) is 21.0 Å². The van der Waals surface area contributed by atoms with E-state index in [1.54, 1.807) is 38.1 Å². The average Bonchev–Trinajstić information content (AvgIpc) is 2.91. The van der Waals surface area contributed by atoms with Crippen LogP contribution in [0.15, 0.2) is 34.9 Å². The lowest BCUT2D eigenvalue weighted by atomic mass is 10.1. The van der Waals surface area contributed by atoms with Crippen LogP contribution < -0.4 is 0 Å². The third kappa shape index (κ3) is 26.1. The molecule has 0 aromatic rings. The van der Waals surface area contributed by atoms with E-state index in [4.69, 9.17) is 53.1 Å². The first-order valence-electron chi connectivity index (χ1n) is 10.6. The van der Waals surface area contributed by atoms with Crippen LogP contribution in [0.2, 0.25) is 0 Å². The third-order valence-corrected chi connectivity index (χ3v) is 3.80. The molecule has 204 valence electrons. The first-order valence-corrected chi connectivity index (χ1v) is 10.6. The van der Waals surface area contributed by atoms with Crippen molar-refractivity contribution in [3.63, 3.8) is 0 Å². The van der Waals surface area contributed by atoms with Crippen molar-refractivity contribution < 1.29 is 28.5 Å². The average molecular weight is 527 g/mol. The normalized spacial score (nSPS) is 10.4. The first kappa shape index (κ1) is 40.6. The van der Waals surface area contributed by atoms with Crippen molar-refractivity contribution >= 4 is 5.78 Å². The number of methoxy groups -OCH3 is 5. The molecule has 0 unspecified atom stereocenters. The Morgan fingerprint density at radius 3 is 1.45 bits per heavy atom. The van der Waals surface area contributed by atoms with E-state index in [2.05, 4.69) is 14.4 Å². The molecule has 0 amide bonds. The number of Topliss-reactive ketones (excluding diaryl/α,β-unsaturated/α-hetero) is 1. The molecule has 38 heavy (non-hydrogen) atoms. The Labute approximate surface area is 225 Å². The molecule has 0 aliphatic carbocycles. The molecule has 0 rings (SSSR count). The van der Waals surface area contributed by atoms with E-state index < -0.39 is 0 Å². The van der Waals surface area contributed by atoms with Crippen LogP contribution in [0.3, 0.4) is 0 Å². The van der Waals surface area contributed by atoms with E-state index >= 15 is 0 Å². The Kier molecular flexibility index (Phi) is 32.6. The summed E-state index contributed by atoms with van der Waals surface area (Å²) in [6.07, 6.45) is 3.02. The molecule has 0 saturated carbocycles. The summed E-state index contributed by atoms with van der Waals surface area (Å²) in [6.45, 7) is 18.2. The van der Waals surface area contributed by atoms with Gasteiger partial charge >= 0.3 is 0 Å². The Morgan fingerprint density at radius 2 is 1.21 bits per heavy atom. The van der Waals surface area contributed by atoms with Gasteiger partial charge in [-0.1, -0.05) is 12.5 Å². The predicted octanol–water partition coefficient (Wildman–Crippen LogP) is 4.58. The van der Waals surface area contributed by atoms with E-state index in [9.17, 15) is 4.79 Å². The highest BCUT2D eigenvalue weighted by Gasteiger charge is 2.09. The molecular formula is C26H34N6O6. The standard InChI is InChI=1S/C9H12N2O2.C8H8N2O.C6H12O3.C3H2N2/c1-7(8(6-10)11-2)5-9(12-3)13-4;1-7(4-5-11-3)8(6-9)10-2;1-5(7)4-6(8-2)9-3;4-2-1-3-5/h9H,5H2,1,3-4H3;4-5H,1,3H3;6H,4H2,1-3H3;1H2/b8-7+;5-4+,8-7-;;. The fourth-order valence-electron chi connectivity index (χ4n) is 1.81. The summed E-state index contributed by atoms with van der Waals surface area (Å²) >= 11 is 0. The van der Waals surface area contributed by atoms with Gasteiger partial charge < -0.3 is 23.7 Å². The van der Waals surface area contributed by atoms with Gasteiger partial charge in [0.1, 0.15) is 12.2 Å². The number of nitrogens with zero attached hydrogens (tertiary/aromatic N) is 6. The highest BCUT2D eigenvalue weighted by molar-refractivity contribution is 5.75. The topological polar surface area (TPSA) is 167 Å². The summed E-state index contributed by atoms with van der Waals surface area (Å²) in [5.41, 5.74) is 1.51. The van der Waals surface area contributed by atoms with Crippen molar-refractivity contribution in [1.82, 2.24) is 0 Å². The van der Waals surface area contributed by atoms with Crippen LogP contribution in [-0.4, -0.2) is 53.9 Å². The van der Waals surface area contributed by atoms with Gasteiger partial charge in [0.25, 0.3) is 11.4 Å². The summed E-state index contributed by atoms with van der Waals surface area (Å²) in [5, 5.41) is 32.1. The van der Waals surface area contributed by atoms with Gasteiger partial charge in [0.05, 0.1) is 57.2 Å². The molecule has 0 aliphatic rings. The zero-order chi connectivity index (χ0) is 30.4. The Bertz CT molecular complexity index is 971. The first-order chi connectivity index (χ1) is 18.1. The van der Waals surface area contributed by atoms with Crippen molar-refractivity contribution in [2.75, 3.05) is 35.5 Å². The number of nitriles is 4. The van der Waals surface area contributed by atoms with Crippen molar-refractivity contribution in [2.45, 2.75) is 52.6 Å². The number of ether oxygens (including phenoxy) is 5. The SMILES string of the molecule is COC(CC(C)=O)OC.N#CCC#N.[C-]#[N+]/C(C#N)=C(C)\C=C\OC.[C-]#[N+]/C(C#N)=C(\C)CC(OC)OC. The van der Waals surface area contributed by atoms with Crippen LogP contribution >= 0.6 is 0 Å². The highest BCUT2D eigenvalue weighted by atomic mass is 16.7. The Balaban J connectivity index is -0.000000212. The van der Waals surface area contributed by atoms with Gasteiger partial charge in [-0.2, -0.15) is 10.5 Å². The number of ketones is 1. The van der Waals surface area contributed by atoms with Crippen molar-refractivity contribution in [2.24, 2.45) is 0 Å². The second-order valence-electron chi connectivity index (χ2n) is 6.55.